The molecule has 17 heavy (non-hydrogen) atoms. The van der Waals surface area contributed by atoms with Crippen molar-refractivity contribution >= 4 is 15.9 Å². The lowest BCUT2D eigenvalue weighted by Gasteiger charge is -2.26. The molecule has 1 nitrogen and oxygen atoms in total. The number of hydrogen-bond donors (Lipinski definition) is 0. The molecule has 1 fully saturated rings. The van der Waals surface area contributed by atoms with Crippen LogP contribution in [0.3, 0.4) is 0 Å². The Hall–Kier alpha value is -0.500. The average Bonchev–Trinajstić information content (AvgIpc) is 3.01. The Labute approximate surface area is 113 Å². The molecule has 0 aromatic heterocycles. The second kappa shape index (κ2) is 4.64. The molecule has 0 spiro atoms. The van der Waals surface area contributed by atoms with Gasteiger partial charge in [0.2, 0.25) is 0 Å². The first-order chi connectivity index (χ1) is 7.88. The fraction of sp³-hybridized carbons (Fsp3) is 0.600. The Bertz CT molecular complexity index is 402. The zero-order valence-corrected chi connectivity index (χ0v) is 12.7. The van der Waals surface area contributed by atoms with Crippen LogP contribution in [0.1, 0.15) is 52.0 Å². The molecule has 0 unspecified atom stereocenters. The van der Waals surface area contributed by atoms with Crippen molar-refractivity contribution in [3.8, 4) is 5.75 Å². The highest BCUT2D eigenvalue weighted by atomic mass is 79.9. The number of halogens is 1. The van der Waals surface area contributed by atoms with Gasteiger partial charge in [0.25, 0.3) is 0 Å². The number of ether oxygens (including phenoxy) is 1. The standard InChI is InChI=1S/C15H21BrO/c1-10(11-8-9-11)12-6-5-7-13(16)14(12)17-15(2,3)4/h5-7,10-11H,8-9H2,1-4H3/t10-/m0/s1. The Morgan fingerprint density at radius 1 is 1.29 bits per heavy atom. The summed E-state index contributed by atoms with van der Waals surface area (Å²) in [5.74, 6) is 2.48. The maximum atomic E-state index is 6.12. The maximum Gasteiger partial charge on any atom is 0.137 e. The molecule has 2 heteroatoms. The smallest absolute Gasteiger partial charge is 0.137 e. The van der Waals surface area contributed by atoms with Gasteiger partial charge in [0.1, 0.15) is 11.4 Å². The summed E-state index contributed by atoms with van der Waals surface area (Å²) in [5, 5.41) is 0. The van der Waals surface area contributed by atoms with E-state index in [1.54, 1.807) is 0 Å². The van der Waals surface area contributed by atoms with Crippen LogP contribution >= 0.6 is 15.9 Å². The molecule has 0 bridgehead atoms. The van der Waals surface area contributed by atoms with Crippen LogP contribution in [0.25, 0.3) is 0 Å². The number of benzene rings is 1. The third-order valence-electron chi connectivity index (χ3n) is 3.23. The monoisotopic (exact) mass is 296 g/mol. The van der Waals surface area contributed by atoms with E-state index < -0.39 is 0 Å². The second-order valence-electron chi connectivity index (χ2n) is 6.00. The van der Waals surface area contributed by atoms with E-state index in [1.165, 1.54) is 18.4 Å². The van der Waals surface area contributed by atoms with Crippen LogP contribution in [0.5, 0.6) is 5.75 Å². The number of hydrogen-bond acceptors (Lipinski definition) is 1. The summed E-state index contributed by atoms with van der Waals surface area (Å²) in [6.45, 7) is 8.60. The van der Waals surface area contributed by atoms with Crippen molar-refractivity contribution in [3.63, 3.8) is 0 Å². The van der Waals surface area contributed by atoms with Crippen LogP contribution < -0.4 is 4.74 Å². The van der Waals surface area contributed by atoms with Crippen LogP contribution in [0.2, 0.25) is 0 Å². The highest BCUT2D eigenvalue weighted by Crippen LogP contribution is 2.46. The summed E-state index contributed by atoms with van der Waals surface area (Å²) in [6, 6.07) is 6.37. The molecule has 0 aliphatic heterocycles. The van der Waals surface area contributed by atoms with E-state index in [1.807, 2.05) is 0 Å². The quantitative estimate of drug-likeness (QED) is 0.750. The second-order valence-corrected chi connectivity index (χ2v) is 6.85. The Morgan fingerprint density at radius 3 is 2.47 bits per heavy atom. The molecule has 1 atom stereocenters. The zero-order valence-electron chi connectivity index (χ0n) is 11.1. The summed E-state index contributed by atoms with van der Waals surface area (Å²) in [5.41, 5.74) is 1.19. The van der Waals surface area contributed by atoms with Crippen molar-refractivity contribution < 1.29 is 4.74 Å². The van der Waals surface area contributed by atoms with E-state index in [9.17, 15) is 0 Å². The molecule has 0 saturated heterocycles. The van der Waals surface area contributed by atoms with Gasteiger partial charge in [-0.05, 0) is 73.0 Å². The molecular weight excluding hydrogens is 276 g/mol. The lowest BCUT2D eigenvalue weighted by molar-refractivity contribution is 0.127. The number of rotatable bonds is 3. The fourth-order valence-electron chi connectivity index (χ4n) is 2.15. The first-order valence-corrected chi connectivity index (χ1v) is 7.15. The van der Waals surface area contributed by atoms with Gasteiger partial charge in [-0.3, -0.25) is 0 Å². The zero-order chi connectivity index (χ0) is 12.6. The molecule has 0 radical (unpaired) electrons. The first-order valence-electron chi connectivity index (χ1n) is 6.36. The van der Waals surface area contributed by atoms with Crippen molar-refractivity contribution in [1.29, 1.82) is 0 Å². The maximum absolute atomic E-state index is 6.12. The molecule has 1 saturated carbocycles. The summed E-state index contributed by atoms with van der Waals surface area (Å²) in [6.07, 6.45) is 2.73. The Morgan fingerprint density at radius 2 is 1.94 bits per heavy atom. The van der Waals surface area contributed by atoms with E-state index in [0.29, 0.717) is 5.92 Å². The topological polar surface area (TPSA) is 9.23 Å². The highest BCUT2D eigenvalue weighted by Gasteiger charge is 2.31. The van der Waals surface area contributed by atoms with E-state index in [4.69, 9.17) is 4.74 Å². The van der Waals surface area contributed by atoms with E-state index in [0.717, 1.165) is 16.1 Å². The van der Waals surface area contributed by atoms with Gasteiger partial charge >= 0.3 is 0 Å². The average molecular weight is 297 g/mol. The van der Waals surface area contributed by atoms with Crippen molar-refractivity contribution in [1.82, 2.24) is 0 Å². The minimum absolute atomic E-state index is 0.151. The summed E-state index contributed by atoms with van der Waals surface area (Å²) >= 11 is 3.61. The van der Waals surface area contributed by atoms with Crippen LogP contribution in [-0.4, -0.2) is 5.60 Å². The minimum atomic E-state index is -0.151. The molecular formula is C15H21BrO. The highest BCUT2D eigenvalue weighted by molar-refractivity contribution is 9.10. The molecule has 0 N–H and O–H groups in total. The van der Waals surface area contributed by atoms with Gasteiger partial charge in [-0.25, -0.2) is 0 Å². The Kier molecular flexibility index (Phi) is 3.53. The largest absolute Gasteiger partial charge is 0.487 e. The third-order valence-corrected chi connectivity index (χ3v) is 3.85. The molecule has 2 rings (SSSR count). The van der Waals surface area contributed by atoms with Gasteiger partial charge in [-0.15, -0.1) is 0 Å². The van der Waals surface area contributed by atoms with Gasteiger partial charge < -0.3 is 4.74 Å². The molecule has 1 aliphatic carbocycles. The minimum Gasteiger partial charge on any atom is -0.487 e. The van der Waals surface area contributed by atoms with Crippen molar-refractivity contribution in [2.24, 2.45) is 5.92 Å². The van der Waals surface area contributed by atoms with Crippen LogP contribution in [0.4, 0.5) is 0 Å². The van der Waals surface area contributed by atoms with Gasteiger partial charge in [-0.2, -0.15) is 0 Å². The van der Waals surface area contributed by atoms with Gasteiger partial charge in [0.15, 0.2) is 0 Å². The molecule has 1 aliphatic rings. The van der Waals surface area contributed by atoms with Gasteiger partial charge in [0.05, 0.1) is 4.47 Å². The summed E-state index contributed by atoms with van der Waals surface area (Å²) < 4.78 is 7.18. The number of para-hydroxylation sites is 1. The van der Waals surface area contributed by atoms with Gasteiger partial charge in [0, 0.05) is 0 Å². The Balaban J connectivity index is 2.33. The molecule has 1 aromatic rings. The van der Waals surface area contributed by atoms with Crippen LogP contribution in [-0.2, 0) is 0 Å². The van der Waals surface area contributed by atoms with Crippen molar-refractivity contribution in [2.45, 2.75) is 52.1 Å². The van der Waals surface area contributed by atoms with Crippen LogP contribution in [0.15, 0.2) is 22.7 Å². The van der Waals surface area contributed by atoms with E-state index in [2.05, 4.69) is 61.8 Å². The third kappa shape index (κ3) is 3.25. The normalized spacial score (nSPS) is 17.9. The predicted octanol–water partition coefficient (Wildman–Crippen LogP) is 5.14. The fourth-order valence-corrected chi connectivity index (χ4v) is 2.61. The molecule has 1 aromatic carbocycles. The van der Waals surface area contributed by atoms with Crippen molar-refractivity contribution in [2.75, 3.05) is 0 Å². The van der Waals surface area contributed by atoms with Gasteiger partial charge in [-0.1, -0.05) is 19.1 Å². The SMILES string of the molecule is C[C@H](c1cccc(Br)c1OC(C)(C)C)C1CC1. The van der Waals surface area contributed by atoms with Crippen LogP contribution in [0, 0.1) is 5.92 Å². The van der Waals surface area contributed by atoms with E-state index in [-0.39, 0.29) is 5.60 Å². The molecule has 94 valence electrons. The lowest BCUT2D eigenvalue weighted by Crippen LogP contribution is -2.24. The van der Waals surface area contributed by atoms with E-state index >= 15 is 0 Å². The summed E-state index contributed by atoms with van der Waals surface area (Å²) in [7, 11) is 0. The molecule has 0 heterocycles. The lowest BCUT2D eigenvalue weighted by atomic mass is 9.95. The molecule has 0 amide bonds. The predicted molar refractivity (Wildman–Crippen MR) is 75.7 cm³/mol. The first kappa shape index (κ1) is 12.9. The summed E-state index contributed by atoms with van der Waals surface area (Å²) in [4.78, 5) is 0. The van der Waals surface area contributed by atoms with Crippen molar-refractivity contribution in [3.05, 3.63) is 28.2 Å².